The molecule has 0 bridgehead atoms. The second kappa shape index (κ2) is 8.14. The van der Waals surface area contributed by atoms with E-state index < -0.39 is 0 Å². The van der Waals surface area contributed by atoms with Crippen LogP contribution >= 0.6 is 0 Å². The summed E-state index contributed by atoms with van der Waals surface area (Å²) in [4.78, 5) is 24.1. The molecule has 4 nitrogen and oxygen atoms in total. The Balaban J connectivity index is 1.70. The zero-order valence-electron chi connectivity index (χ0n) is 15.8. The summed E-state index contributed by atoms with van der Waals surface area (Å²) in [7, 11) is 0. The maximum absolute atomic E-state index is 12.6. The summed E-state index contributed by atoms with van der Waals surface area (Å²) < 4.78 is 0. The SMILES string of the molecule is CC(=O)c1cccc(NC(=O)[C@@H](C)N[C@@H](C)c2cccc3ccccc23)c1. The lowest BCUT2D eigenvalue weighted by Gasteiger charge is -2.21. The first-order valence-corrected chi connectivity index (χ1v) is 9.11. The number of hydrogen-bond acceptors (Lipinski definition) is 3. The van der Waals surface area contributed by atoms with Crippen molar-refractivity contribution in [3.63, 3.8) is 0 Å². The van der Waals surface area contributed by atoms with Crippen LogP contribution in [0.5, 0.6) is 0 Å². The van der Waals surface area contributed by atoms with E-state index in [-0.39, 0.29) is 23.8 Å². The van der Waals surface area contributed by atoms with Gasteiger partial charge in [-0.15, -0.1) is 0 Å². The molecule has 0 aliphatic rings. The van der Waals surface area contributed by atoms with Gasteiger partial charge in [0.25, 0.3) is 0 Å². The van der Waals surface area contributed by atoms with Gasteiger partial charge in [-0.3, -0.25) is 14.9 Å². The molecule has 0 aliphatic carbocycles. The number of benzene rings is 3. The summed E-state index contributed by atoms with van der Waals surface area (Å²) in [5.74, 6) is -0.162. The predicted octanol–water partition coefficient (Wildman–Crippen LogP) is 4.72. The number of nitrogens with one attached hydrogen (secondary N) is 2. The molecule has 27 heavy (non-hydrogen) atoms. The Bertz CT molecular complexity index is 976. The van der Waals surface area contributed by atoms with Gasteiger partial charge in [0.05, 0.1) is 6.04 Å². The summed E-state index contributed by atoms with van der Waals surface area (Å²) in [5.41, 5.74) is 2.36. The summed E-state index contributed by atoms with van der Waals surface area (Å²) in [6.45, 7) is 5.41. The number of fused-ring (bicyclic) bond motifs is 1. The molecule has 1 amide bonds. The van der Waals surface area contributed by atoms with Crippen molar-refractivity contribution < 1.29 is 9.59 Å². The molecule has 2 atom stereocenters. The summed E-state index contributed by atoms with van der Waals surface area (Å²) in [6, 6.07) is 21.0. The van der Waals surface area contributed by atoms with E-state index in [9.17, 15) is 9.59 Å². The minimum absolute atomic E-state index is 0.0143. The van der Waals surface area contributed by atoms with E-state index in [1.165, 1.54) is 17.7 Å². The standard InChI is InChI=1S/C23H24N2O2/c1-15(21-13-7-9-18-8-4-5-12-22(18)21)24-16(2)23(27)25-20-11-6-10-19(14-20)17(3)26/h4-16,24H,1-3H3,(H,25,27)/t15-,16+/m0/s1. The highest BCUT2D eigenvalue weighted by molar-refractivity contribution is 5.98. The Morgan fingerprint density at radius 3 is 2.37 bits per heavy atom. The van der Waals surface area contributed by atoms with Gasteiger partial charge in [-0.25, -0.2) is 0 Å². The van der Waals surface area contributed by atoms with Crippen LogP contribution in [-0.2, 0) is 4.79 Å². The predicted molar refractivity (Wildman–Crippen MR) is 110 cm³/mol. The third-order valence-corrected chi connectivity index (χ3v) is 4.72. The molecule has 0 unspecified atom stereocenters. The van der Waals surface area contributed by atoms with Crippen molar-refractivity contribution in [2.75, 3.05) is 5.32 Å². The highest BCUT2D eigenvalue weighted by Gasteiger charge is 2.18. The third-order valence-electron chi connectivity index (χ3n) is 4.72. The molecule has 0 heterocycles. The molecule has 0 saturated carbocycles. The quantitative estimate of drug-likeness (QED) is 0.625. The molecule has 138 valence electrons. The van der Waals surface area contributed by atoms with Crippen molar-refractivity contribution in [3.05, 3.63) is 77.9 Å². The van der Waals surface area contributed by atoms with Gasteiger partial charge in [0.15, 0.2) is 5.78 Å². The lowest BCUT2D eigenvalue weighted by Crippen LogP contribution is -2.39. The van der Waals surface area contributed by atoms with Gasteiger partial charge in [0, 0.05) is 17.3 Å². The van der Waals surface area contributed by atoms with Crippen molar-refractivity contribution >= 4 is 28.2 Å². The summed E-state index contributed by atoms with van der Waals surface area (Å²) in [5, 5.41) is 8.61. The van der Waals surface area contributed by atoms with Crippen LogP contribution in [0.1, 0.15) is 42.7 Å². The second-order valence-electron chi connectivity index (χ2n) is 6.80. The van der Waals surface area contributed by atoms with Gasteiger partial charge >= 0.3 is 0 Å². The van der Waals surface area contributed by atoms with Crippen LogP contribution in [0.15, 0.2) is 66.7 Å². The molecule has 0 spiro atoms. The van der Waals surface area contributed by atoms with E-state index in [0.717, 1.165) is 5.56 Å². The van der Waals surface area contributed by atoms with Gasteiger partial charge in [0.1, 0.15) is 0 Å². The van der Waals surface area contributed by atoms with E-state index in [1.807, 2.05) is 25.1 Å². The molecule has 0 aliphatic heterocycles. The van der Waals surface area contributed by atoms with Crippen LogP contribution < -0.4 is 10.6 Å². The first-order valence-electron chi connectivity index (χ1n) is 9.11. The lowest BCUT2D eigenvalue weighted by molar-refractivity contribution is -0.117. The van der Waals surface area contributed by atoms with Crippen LogP contribution in [0.3, 0.4) is 0 Å². The van der Waals surface area contributed by atoms with Crippen molar-refractivity contribution in [3.8, 4) is 0 Å². The normalized spacial score (nSPS) is 13.1. The number of Topliss-reactive ketones (excluding diaryl/α,β-unsaturated/α-hetero) is 1. The van der Waals surface area contributed by atoms with Gasteiger partial charge < -0.3 is 5.32 Å². The van der Waals surface area contributed by atoms with Gasteiger partial charge in [-0.2, -0.15) is 0 Å². The number of carbonyl (C=O) groups is 2. The molecular formula is C23H24N2O2. The van der Waals surface area contributed by atoms with E-state index in [2.05, 4.69) is 41.8 Å². The minimum atomic E-state index is -0.389. The Morgan fingerprint density at radius 2 is 1.59 bits per heavy atom. The van der Waals surface area contributed by atoms with Gasteiger partial charge in [0.2, 0.25) is 5.91 Å². The van der Waals surface area contributed by atoms with Crippen LogP contribution in [0, 0.1) is 0 Å². The minimum Gasteiger partial charge on any atom is -0.325 e. The summed E-state index contributed by atoms with van der Waals surface area (Å²) in [6.07, 6.45) is 0. The molecule has 3 aromatic carbocycles. The Kier molecular flexibility index (Phi) is 5.67. The van der Waals surface area contributed by atoms with Crippen LogP contribution in [0.25, 0.3) is 10.8 Å². The molecule has 0 radical (unpaired) electrons. The van der Waals surface area contributed by atoms with Gasteiger partial charge in [-0.05, 0) is 49.2 Å². The van der Waals surface area contributed by atoms with Crippen LogP contribution in [0.4, 0.5) is 5.69 Å². The highest BCUT2D eigenvalue weighted by Crippen LogP contribution is 2.24. The number of anilines is 1. The molecule has 3 rings (SSSR count). The zero-order valence-corrected chi connectivity index (χ0v) is 15.8. The van der Waals surface area contributed by atoms with Gasteiger partial charge in [-0.1, -0.05) is 54.6 Å². The molecule has 0 fully saturated rings. The fraction of sp³-hybridized carbons (Fsp3) is 0.217. The van der Waals surface area contributed by atoms with Crippen LogP contribution in [-0.4, -0.2) is 17.7 Å². The van der Waals surface area contributed by atoms with Crippen molar-refractivity contribution in [1.82, 2.24) is 5.32 Å². The van der Waals surface area contributed by atoms with E-state index in [1.54, 1.807) is 24.3 Å². The third kappa shape index (κ3) is 4.41. The van der Waals surface area contributed by atoms with Crippen molar-refractivity contribution in [2.45, 2.75) is 32.9 Å². The smallest absolute Gasteiger partial charge is 0.241 e. The largest absolute Gasteiger partial charge is 0.325 e. The first-order chi connectivity index (χ1) is 13.0. The number of carbonyl (C=O) groups excluding carboxylic acids is 2. The zero-order chi connectivity index (χ0) is 19.4. The Hall–Kier alpha value is -2.98. The maximum Gasteiger partial charge on any atom is 0.241 e. The number of rotatable bonds is 6. The maximum atomic E-state index is 12.6. The van der Waals surface area contributed by atoms with E-state index >= 15 is 0 Å². The Labute approximate surface area is 159 Å². The van der Waals surface area contributed by atoms with Crippen LogP contribution in [0.2, 0.25) is 0 Å². The number of amides is 1. The molecule has 2 N–H and O–H groups in total. The monoisotopic (exact) mass is 360 g/mol. The van der Waals surface area contributed by atoms with E-state index in [4.69, 9.17) is 0 Å². The molecule has 0 aromatic heterocycles. The topological polar surface area (TPSA) is 58.2 Å². The number of ketones is 1. The van der Waals surface area contributed by atoms with Crippen molar-refractivity contribution in [2.24, 2.45) is 0 Å². The average molecular weight is 360 g/mol. The molecule has 4 heteroatoms. The highest BCUT2D eigenvalue weighted by atomic mass is 16.2. The fourth-order valence-corrected chi connectivity index (χ4v) is 3.23. The van der Waals surface area contributed by atoms with Crippen molar-refractivity contribution in [1.29, 1.82) is 0 Å². The second-order valence-corrected chi connectivity index (χ2v) is 6.80. The molecule has 3 aromatic rings. The first kappa shape index (κ1) is 18.8. The number of hydrogen-bond donors (Lipinski definition) is 2. The molecular weight excluding hydrogens is 336 g/mol. The fourth-order valence-electron chi connectivity index (χ4n) is 3.23. The lowest BCUT2D eigenvalue weighted by atomic mass is 9.99. The Morgan fingerprint density at radius 1 is 0.889 bits per heavy atom. The van der Waals surface area contributed by atoms with E-state index in [0.29, 0.717) is 11.3 Å². The summed E-state index contributed by atoms with van der Waals surface area (Å²) >= 11 is 0. The average Bonchev–Trinajstić information content (AvgIpc) is 2.67. The molecule has 0 saturated heterocycles.